The van der Waals surface area contributed by atoms with Gasteiger partial charge in [-0.2, -0.15) is 0 Å². The normalized spacial score (nSPS) is 11.5. The molecule has 0 aliphatic rings. The Labute approximate surface area is 129 Å². The summed E-state index contributed by atoms with van der Waals surface area (Å²) >= 11 is 0. The summed E-state index contributed by atoms with van der Waals surface area (Å²) in [6.45, 7) is 5.46. The van der Waals surface area contributed by atoms with Gasteiger partial charge in [0.1, 0.15) is 5.60 Å². The van der Waals surface area contributed by atoms with Gasteiger partial charge in [0.2, 0.25) is 0 Å². The number of carbonyl (C=O) groups excluding carboxylic acids is 1. The number of nitrogens with one attached hydrogen (secondary N) is 1. The van der Waals surface area contributed by atoms with Gasteiger partial charge < -0.3 is 61.8 Å². The lowest BCUT2D eigenvalue weighted by Crippen LogP contribution is -2.30. The predicted molar refractivity (Wildman–Crippen MR) is 65.9 cm³/mol. The van der Waals surface area contributed by atoms with Crippen molar-refractivity contribution in [2.24, 2.45) is 0 Å². The molecule has 0 aromatic heterocycles. The topological polar surface area (TPSA) is 38.3 Å². The maximum Gasteiger partial charge on any atom is 0.673 e. The van der Waals surface area contributed by atoms with Gasteiger partial charge in [0.25, 0.3) is 0 Å². The van der Waals surface area contributed by atoms with Crippen LogP contribution in [0, 0.1) is 0 Å². The zero-order valence-electron chi connectivity index (χ0n) is 12.6. The average Bonchev–Trinajstić information content (AvgIpc) is 2.05. The third-order valence-electron chi connectivity index (χ3n) is 0.603. The van der Waals surface area contributed by atoms with Crippen LogP contribution < -0.4 is 5.32 Å². The Morgan fingerprint density at radius 2 is 0.875 bits per heavy atom. The number of carbonyl (C=O) groups is 1. The van der Waals surface area contributed by atoms with Crippen LogP contribution in [0.2, 0.25) is 0 Å². The molecule has 0 saturated carbocycles. The van der Waals surface area contributed by atoms with E-state index in [1.54, 1.807) is 0 Å². The van der Waals surface area contributed by atoms with Gasteiger partial charge in [-0.25, -0.2) is 4.79 Å². The first-order chi connectivity index (χ1) is 9.95. The lowest BCUT2D eigenvalue weighted by Gasteiger charge is -2.18. The summed E-state index contributed by atoms with van der Waals surface area (Å²) in [7, 11) is -16.5. The molecule has 24 heavy (non-hydrogen) atoms. The smallest absolute Gasteiger partial charge is 0.444 e. The van der Waals surface area contributed by atoms with Crippen LogP contribution in [0.15, 0.2) is 0 Å². The summed E-state index contributed by atoms with van der Waals surface area (Å²) in [5.41, 5.74) is -0.389. The van der Waals surface area contributed by atoms with Gasteiger partial charge >= 0.3 is 27.9 Å². The molecule has 0 aliphatic heterocycles. The fourth-order valence-electron chi connectivity index (χ4n) is 0.329. The van der Waals surface area contributed by atoms with E-state index in [1.807, 2.05) is 20.8 Å². The molecule has 0 bridgehead atoms. The summed E-state index contributed by atoms with van der Waals surface area (Å²) in [4.78, 5) is 10.5. The summed E-state index contributed by atoms with van der Waals surface area (Å²) in [6.07, 6.45) is -0.387. The molecule has 0 aliphatic carbocycles. The Morgan fingerprint density at radius 1 is 0.708 bits per heavy atom. The summed E-state index contributed by atoms with van der Waals surface area (Å²) in [6, 6.07) is 0. The Hall–Kier alpha value is -1.38. The molecule has 0 atom stereocenters. The molecule has 0 saturated heterocycles. The van der Waals surface area contributed by atoms with Gasteiger partial charge in [-0.3, -0.25) is 0 Å². The molecule has 3 nitrogen and oxygen atoms in total. The van der Waals surface area contributed by atoms with Crippen molar-refractivity contribution in [3.63, 3.8) is 0 Å². The third kappa shape index (κ3) is 251. The molecular formula is C6H13B3F12NO2-3. The van der Waals surface area contributed by atoms with Gasteiger partial charge in [0.15, 0.2) is 0 Å². The number of ether oxygens (including phenoxy) is 1. The Balaban J connectivity index is -0.000000116. The van der Waals surface area contributed by atoms with Crippen molar-refractivity contribution in [3.8, 4) is 0 Å². The van der Waals surface area contributed by atoms with Crippen molar-refractivity contribution in [2.75, 3.05) is 7.05 Å². The van der Waals surface area contributed by atoms with E-state index in [9.17, 15) is 56.6 Å². The molecule has 0 heterocycles. The van der Waals surface area contributed by atoms with Crippen molar-refractivity contribution in [1.29, 1.82) is 0 Å². The van der Waals surface area contributed by atoms with E-state index in [0.29, 0.717) is 0 Å². The second-order valence-corrected chi connectivity index (χ2v) is 4.24. The van der Waals surface area contributed by atoms with Crippen molar-refractivity contribution in [1.82, 2.24) is 5.32 Å². The van der Waals surface area contributed by atoms with Crippen LogP contribution in [-0.4, -0.2) is 40.5 Å². The third-order valence-corrected chi connectivity index (χ3v) is 0.603. The van der Waals surface area contributed by atoms with Gasteiger partial charge in [-0.15, -0.1) is 0 Å². The SMILES string of the molecule is CNC(=O)OC(C)(C)C.F[B-](F)(F)F.F[B-](F)(F)F.F[B-](F)(F)F. The fraction of sp³-hybridized carbons (Fsp3) is 0.833. The van der Waals surface area contributed by atoms with E-state index in [1.165, 1.54) is 7.05 Å². The highest BCUT2D eigenvalue weighted by atomic mass is 19.5. The van der Waals surface area contributed by atoms with E-state index >= 15 is 0 Å². The summed E-state index contributed by atoms with van der Waals surface area (Å²) in [5, 5.41) is 2.36. The lowest BCUT2D eigenvalue weighted by atomic mass is 10.2. The van der Waals surface area contributed by atoms with E-state index in [4.69, 9.17) is 4.74 Å². The highest BCUT2D eigenvalue weighted by Crippen LogP contribution is 2.07. The number of halogens is 12. The minimum atomic E-state index is -6.00. The van der Waals surface area contributed by atoms with E-state index in [-0.39, 0.29) is 11.7 Å². The first-order valence-electron chi connectivity index (χ1n) is 5.48. The maximum absolute atomic E-state index is 10.5. The largest absolute Gasteiger partial charge is 0.673 e. The molecule has 1 amide bonds. The zero-order chi connectivity index (χ0) is 21.0. The quantitative estimate of drug-likeness (QED) is 0.464. The monoisotopic (exact) mass is 392 g/mol. The Morgan fingerprint density at radius 3 is 0.917 bits per heavy atom. The number of hydrogen-bond donors (Lipinski definition) is 1. The second-order valence-electron chi connectivity index (χ2n) is 4.24. The zero-order valence-corrected chi connectivity index (χ0v) is 12.6. The summed E-state index contributed by atoms with van der Waals surface area (Å²) < 4.78 is 122. The maximum atomic E-state index is 10.5. The average molecular weight is 392 g/mol. The molecule has 0 fully saturated rings. The van der Waals surface area contributed by atoms with Crippen molar-refractivity contribution in [3.05, 3.63) is 0 Å². The highest BCUT2D eigenvalue weighted by Gasteiger charge is 2.21. The standard InChI is InChI=1S/C6H13NO2.3BF4/c1-6(2,3)9-5(8)7-4;3*2-1(3,4)5/h1-4H3,(H,7,8);;;/q;3*-1. The number of hydrogen-bond acceptors (Lipinski definition) is 2. The molecule has 0 aromatic carbocycles. The van der Waals surface area contributed by atoms with Crippen LogP contribution in [0.3, 0.4) is 0 Å². The van der Waals surface area contributed by atoms with Crippen molar-refractivity contribution >= 4 is 27.9 Å². The highest BCUT2D eigenvalue weighted by molar-refractivity contribution is 6.50. The van der Waals surface area contributed by atoms with E-state index < -0.39 is 21.8 Å². The molecule has 0 aromatic rings. The molecule has 0 rings (SSSR count). The first kappa shape index (κ1) is 30.5. The van der Waals surface area contributed by atoms with Crippen LogP contribution in [0.5, 0.6) is 0 Å². The van der Waals surface area contributed by atoms with Crippen LogP contribution in [0.1, 0.15) is 20.8 Å². The number of rotatable bonds is 0. The van der Waals surface area contributed by atoms with Crippen LogP contribution in [-0.2, 0) is 4.74 Å². The predicted octanol–water partition coefficient (Wildman–Crippen LogP) is 5.04. The molecule has 18 heteroatoms. The Bertz CT molecular complexity index is 276. The first-order valence-corrected chi connectivity index (χ1v) is 5.48. The number of amides is 1. The minimum Gasteiger partial charge on any atom is -0.444 e. The molecule has 1 N–H and O–H groups in total. The van der Waals surface area contributed by atoms with Gasteiger partial charge in [-0.05, 0) is 20.8 Å². The van der Waals surface area contributed by atoms with Gasteiger partial charge in [0, 0.05) is 7.05 Å². The van der Waals surface area contributed by atoms with Gasteiger partial charge in [-0.1, -0.05) is 0 Å². The fourth-order valence-corrected chi connectivity index (χ4v) is 0.329. The van der Waals surface area contributed by atoms with Crippen LogP contribution in [0.4, 0.5) is 56.6 Å². The Kier molecular flexibility index (Phi) is 15.3. The molecule has 0 spiro atoms. The van der Waals surface area contributed by atoms with Crippen LogP contribution >= 0.6 is 0 Å². The molecular weight excluding hydrogens is 378 g/mol. The van der Waals surface area contributed by atoms with E-state index in [2.05, 4.69) is 5.32 Å². The van der Waals surface area contributed by atoms with Crippen molar-refractivity contribution < 1.29 is 61.3 Å². The number of alkyl carbamates (subject to hydrolysis) is 1. The molecule has 0 unspecified atom stereocenters. The van der Waals surface area contributed by atoms with Gasteiger partial charge in [0.05, 0.1) is 0 Å². The van der Waals surface area contributed by atoms with E-state index in [0.717, 1.165) is 0 Å². The van der Waals surface area contributed by atoms with Crippen molar-refractivity contribution in [2.45, 2.75) is 26.4 Å². The lowest BCUT2D eigenvalue weighted by molar-refractivity contribution is 0.0541. The molecule has 150 valence electrons. The second kappa shape index (κ2) is 12.1. The van der Waals surface area contributed by atoms with Crippen LogP contribution in [0.25, 0.3) is 0 Å². The minimum absolute atomic E-state index is 0.387. The molecule has 0 radical (unpaired) electrons. The summed E-state index contributed by atoms with van der Waals surface area (Å²) in [5.74, 6) is 0.